The number of para-hydroxylation sites is 1. The molecule has 0 aliphatic rings. The third-order valence-corrected chi connectivity index (χ3v) is 4.13. The van der Waals surface area contributed by atoms with Crippen molar-refractivity contribution < 1.29 is 17.9 Å². The highest BCUT2D eigenvalue weighted by atomic mass is 19.1. The molecule has 140 valence electrons. The number of halogens is 3. The minimum atomic E-state index is -0.735. The van der Waals surface area contributed by atoms with Gasteiger partial charge in [-0.05, 0) is 48.0 Å². The molecule has 0 radical (unpaired) electrons. The Kier molecular flexibility index (Phi) is 4.57. The zero-order chi connectivity index (χ0) is 19.7. The SMILES string of the molecule is O=c1[nH]c(-c2ccc(OCc3cc(F)cc(F)c3)c(F)c2)nc2ccccc12. The number of nitrogens with one attached hydrogen (secondary N) is 1. The fraction of sp³-hybridized carbons (Fsp3) is 0.0476. The second kappa shape index (κ2) is 7.19. The van der Waals surface area contributed by atoms with Crippen molar-refractivity contribution >= 4 is 10.9 Å². The normalized spacial score (nSPS) is 11.0. The summed E-state index contributed by atoms with van der Waals surface area (Å²) in [5.74, 6) is -2.02. The van der Waals surface area contributed by atoms with Crippen molar-refractivity contribution in [3.05, 3.63) is 94.0 Å². The van der Waals surface area contributed by atoms with Crippen LogP contribution in [-0.2, 0) is 6.61 Å². The van der Waals surface area contributed by atoms with Crippen LogP contribution in [0.1, 0.15) is 5.56 Å². The van der Waals surface area contributed by atoms with E-state index in [0.717, 1.165) is 18.2 Å². The highest BCUT2D eigenvalue weighted by Crippen LogP contribution is 2.25. The van der Waals surface area contributed by atoms with E-state index in [4.69, 9.17) is 4.74 Å². The van der Waals surface area contributed by atoms with E-state index in [1.54, 1.807) is 24.3 Å². The van der Waals surface area contributed by atoms with E-state index in [-0.39, 0.29) is 29.3 Å². The molecule has 0 aliphatic carbocycles. The van der Waals surface area contributed by atoms with Gasteiger partial charge in [-0.2, -0.15) is 0 Å². The summed E-state index contributed by atoms with van der Waals surface area (Å²) in [5, 5.41) is 0.439. The largest absolute Gasteiger partial charge is 0.486 e. The number of aromatic amines is 1. The van der Waals surface area contributed by atoms with Gasteiger partial charge in [-0.25, -0.2) is 18.2 Å². The van der Waals surface area contributed by atoms with Gasteiger partial charge in [0.25, 0.3) is 5.56 Å². The minimum Gasteiger partial charge on any atom is -0.486 e. The van der Waals surface area contributed by atoms with Crippen molar-refractivity contribution in [3.8, 4) is 17.1 Å². The average molecular weight is 382 g/mol. The summed E-state index contributed by atoms with van der Waals surface area (Å²) in [6.07, 6.45) is 0. The molecule has 1 heterocycles. The molecule has 4 rings (SSSR count). The Morgan fingerprint density at radius 2 is 1.68 bits per heavy atom. The summed E-state index contributed by atoms with van der Waals surface area (Å²) < 4.78 is 46.2. The first-order valence-corrected chi connectivity index (χ1v) is 8.36. The molecule has 4 nitrogen and oxygen atoms in total. The van der Waals surface area contributed by atoms with Crippen LogP contribution < -0.4 is 10.3 Å². The summed E-state index contributed by atoms with van der Waals surface area (Å²) >= 11 is 0. The molecule has 0 bridgehead atoms. The Hall–Kier alpha value is -3.61. The van der Waals surface area contributed by atoms with Crippen LogP contribution in [0.4, 0.5) is 13.2 Å². The fourth-order valence-electron chi connectivity index (χ4n) is 2.84. The van der Waals surface area contributed by atoms with Crippen molar-refractivity contribution in [3.63, 3.8) is 0 Å². The number of benzene rings is 3. The predicted molar refractivity (Wildman–Crippen MR) is 98.4 cm³/mol. The Bertz CT molecular complexity index is 1220. The molecule has 3 aromatic carbocycles. The lowest BCUT2D eigenvalue weighted by Gasteiger charge is -2.09. The molecule has 0 fully saturated rings. The molecule has 4 aromatic rings. The van der Waals surface area contributed by atoms with Gasteiger partial charge in [0.05, 0.1) is 10.9 Å². The molecule has 0 spiro atoms. The van der Waals surface area contributed by atoms with Gasteiger partial charge in [-0.1, -0.05) is 12.1 Å². The molecule has 0 saturated carbocycles. The van der Waals surface area contributed by atoms with E-state index >= 15 is 0 Å². The van der Waals surface area contributed by atoms with Gasteiger partial charge in [0.2, 0.25) is 0 Å². The van der Waals surface area contributed by atoms with Crippen LogP contribution in [0.5, 0.6) is 5.75 Å². The van der Waals surface area contributed by atoms with Crippen LogP contribution in [0.25, 0.3) is 22.3 Å². The van der Waals surface area contributed by atoms with E-state index < -0.39 is 17.5 Å². The number of hydrogen-bond donors (Lipinski definition) is 1. The van der Waals surface area contributed by atoms with Crippen molar-refractivity contribution in [2.75, 3.05) is 0 Å². The van der Waals surface area contributed by atoms with E-state index in [9.17, 15) is 18.0 Å². The van der Waals surface area contributed by atoms with E-state index in [0.29, 0.717) is 16.5 Å². The molecule has 7 heteroatoms. The summed E-state index contributed by atoms with van der Waals surface area (Å²) in [5.41, 5.74) is 0.774. The maximum absolute atomic E-state index is 14.4. The fourth-order valence-corrected chi connectivity index (χ4v) is 2.84. The summed E-state index contributed by atoms with van der Waals surface area (Å²) in [6, 6.07) is 13.9. The van der Waals surface area contributed by atoms with Gasteiger partial charge in [0, 0.05) is 11.6 Å². The number of aromatic nitrogens is 2. The zero-order valence-electron chi connectivity index (χ0n) is 14.4. The van der Waals surface area contributed by atoms with Crippen LogP contribution in [-0.4, -0.2) is 9.97 Å². The second-order valence-electron chi connectivity index (χ2n) is 6.14. The Morgan fingerprint density at radius 1 is 0.929 bits per heavy atom. The molecule has 0 unspecified atom stereocenters. The third-order valence-electron chi connectivity index (χ3n) is 4.13. The maximum Gasteiger partial charge on any atom is 0.259 e. The molecule has 0 atom stereocenters. The lowest BCUT2D eigenvalue weighted by Crippen LogP contribution is -2.09. The van der Waals surface area contributed by atoms with Crippen LogP contribution >= 0.6 is 0 Å². The Labute approximate surface area is 157 Å². The van der Waals surface area contributed by atoms with Crippen LogP contribution in [0.2, 0.25) is 0 Å². The first-order chi connectivity index (χ1) is 13.5. The quantitative estimate of drug-likeness (QED) is 0.562. The number of rotatable bonds is 4. The Balaban J connectivity index is 1.60. The monoisotopic (exact) mass is 382 g/mol. The summed E-state index contributed by atoms with van der Waals surface area (Å²) in [6.45, 7) is -0.198. The smallest absolute Gasteiger partial charge is 0.259 e. The van der Waals surface area contributed by atoms with Gasteiger partial charge in [-0.3, -0.25) is 4.79 Å². The number of H-pyrrole nitrogens is 1. The second-order valence-corrected chi connectivity index (χ2v) is 6.14. The zero-order valence-corrected chi connectivity index (χ0v) is 14.4. The van der Waals surface area contributed by atoms with Gasteiger partial charge in [0.15, 0.2) is 11.6 Å². The lowest BCUT2D eigenvalue weighted by molar-refractivity contribution is 0.289. The van der Waals surface area contributed by atoms with Crippen LogP contribution in [0.15, 0.2) is 65.5 Å². The van der Waals surface area contributed by atoms with E-state index in [2.05, 4.69) is 9.97 Å². The molecule has 1 aromatic heterocycles. The number of nitrogens with zero attached hydrogens (tertiary/aromatic N) is 1. The predicted octanol–water partition coefficient (Wildman–Crippen LogP) is 4.59. The molecule has 0 aliphatic heterocycles. The van der Waals surface area contributed by atoms with Crippen LogP contribution in [0.3, 0.4) is 0 Å². The average Bonchev–Trinajstić information content (AvgIpc) is 2.66. The van der Waals surface area contributed by atoms with Crippen molar-refractivity contribution in [1.82, 2.24) is 9.97 Å². The highest BCUT2D eigenvalue weighted by Gasteiger charge is 2.11. The summed E-state index contributed by atoms with van der Waals surface area (Å²) in [7, 11) is 0. The topological polar surface area (TPSA) is 55.0 Å². The molecule has 28 heavy (non-hydrogen) atoms. The number of fused-ring (bicyclic) bond motifs is 1. The molecular formula is C21H13F3N2O2. The first-order valence-electron chi connectivity index (χ1n) is 8.36. The van der Waals surface area contributed by atoms with Gasteiger partial charge >= 0.3 is 0 Å². The van der Waals surface area contributed by atoms with Gasteiger partial charge in [-0.15, -0.1) is 0 Å². The van der Waals surface area contributed by atoms with Crippen molar-refractivity contribution in [2.24, 2.45) is 0 Å². The van der Waals surface area contributed by atoms with Crippen LogP contribution in [0, 0.1) is 17.5 Å². The van der Waals surface area contributed by atoms with Crippen molar-refractivity contribution in [1.29, 1.82) is 0 Å². The first kappa shape index (κ1) is 17.8. The summed E-state index contributed by atoms with van der Waals surface area (Å²) in [4.78, 5) is 19.1. The van der Waals surface area contributed by atoms with E-state index in [1.807, 2.05) is 0 Å². The minimum absolute atomic E-state index is 0.0865. The third kappa shape index (κ3) is 3.59. The maximum atomic E-state index is 14.4. The molecular weight excluding hydrogens is 369 g/mol. The number of ether oxygens (including phenoxy) is 1. The lowest BCUT2D eigenvalue weighted by atomic mass is 10.1. The molecule has 1 N–H and O–H groups in total. The van der Waals surface area contributed by atoms with Gasteiger partial charge in [0.1, 0.15) is 24.1 Å². The standard InChI is InChI=1S/C21H13F3N2O2/c22-14-7-12(8-15(23)10-14)11-28-19-6-5-13(9-17(19)24)20-25-18-4-2-1-3-16(18)21(27)26-20/h1-10H,11H2,(H,25,26,27). The molecule has 0 amide bonds. The Morgan fingerprint density at radius 3 is 2.43 bits per heavy atom. The molecule has 0 saturated heterocycles. The van der Waals surface area contributed by atoms with Gasteiger partial charge < -0.3 is 9.72 Å². The van der Waals surface area contributed by atoms with Crippen molar-refractivity contribution in [2.45, 2.75) is 6.61 Å². The highest BCUT2D eigenvalue weighted by molar-refractivity contribution is 5.79. The number of hydrogen-bond acceptors (Lipinski definition) is 3. The van der Waals surface area contributed by atoms with E-state index in [1.165, 1.54) is 18.2 Å².